The van der Waals surface area contributed by atoms with E-state index >= 15 is 0 Å². The van der Waals surface area contributed by atoms with Crippen molar-refractivity contribution < 1.29 is 0 Å². The van der Waals surface area contributed by atoms with Crippen molar-refractivity contribution in [3.63, 3.8) is 0 Å². The monoisotopic (exact) mass is 107 g/mol. The summed E-state index contributed by atoms with van der Waals surface area (Å²) in [5.41, 5.74) is 1.39. The highest BCUT2D eigenvalue weighted by atomic mass is 13.8. The van der Waals surface area contributed by atoms with Crippen LogP contribution in [0.25, 0.3) is 0 Å². The molecular formula is C7H12B. The van der Waals surface area contributed by atoms with Crippen LogP contribution in [-0.2, 0) is 0 Å². The van der Waals surface area contributed by atoms with E-state index in [9.17, 15) is 0 Å². The molecule has 0 amide bonds. The Morgan fingerprint density at radius 2 is 2.38 bits per heavy atom. The van der Waals surface area contributed by atoms with Crippen molar-refractivity contribution in [2.24, 2.45) is 0 Å². The SMILES string of the molecule is C=C[B]CC(C)=CC. The van der Waals surface area contributed by atoms with Crippen LogP contribution in [0.5, 0.6) is 0 Å². The Balaban J connectivity index is 3.24. The average molecular weight is 107 g/mol. The summed E-state index contributed by atoms with van der Waals surface area (Å²) in [6, 6.07) is 0. The van der Waals surface area contributed by atoms with Gasteiger partial charge < -0.3 is 0 Å². The predicted octanol–water partition coefficient (Wildman–Crippen LogP) is 2.22. The van der Waals surface area contributed by atoms with Crippen LogP contribution in [0.15, 0.2) is 24.2 Å². The van der Waals surface area contributed by atoms with E-state index in [1.807, 2.05) is 12.9 Å². The summed E-state index contributed by atoms with van der Waals surface area (Å²) < 4.78 is 0. The molecule has 0 aliphatic rings. The Morgan fingerprint density at radius 1 is 1.75 bits per heavy atom. The first-order valence-corrected chi connectivity index (χ1v) is 2.87. The van der Waals surface area contributed by atoms with Crippen LogP contribution < -0.4 is 0 Å². The average Bonchev–Trinajstić information content (AvgIpc) is 1.83. The summed E-state index contributed by atoms with van der Waals surface area (Å²) >= 11 is 0. The predicted molar refractivity (Wildman–Crippen MR) is 40.2 cm³/mol. The maximum absolute atomic E-state index is 3.58. The lowest BCUT2D eigenvalue weighted by atomic mass is 9.72. The van der Waals surface area contributed by atoms with Crippen molar-refractivity contribution in [2.75, 3.05) is 0 Å². The Hall–Kier alpha value is -0.455. The highest BCUT2D eigenvalue weighted by Crippen LogP contribution is 1.97. The van der Waals surface area contributed by atoms with Crippen LogP contribution in [-0.4, -0.2) is 7.28 Å². The molecule has 0 saturated carbocycles. The van der Waals surface area contributed by atoms with E-state index in [1.165, 1.54) is 5.57 Å². The molecule has 0 heterocycles. The van der Waals surface area contributed by atoms with Gasteiger partial charge in [-0.2, -0.15) is 0 Å². The molecule has 0 N–H and O–H groups in total. The van der Waals surface area contributed by atoms with Crippen molar-refractivity contribution in [1.82, 2.24) is 0 Å². The molecule has 0 aromatic rings. The molecule has 1 radical (unpaired) electrons. The number of rotatable bonds is 3. The van der Waals surface area contributed by atoms with Gasteiger partial charge in [-0.25, -0.2) is 0 Å². The van der Waals surface area contributed by atoms with Gasteiger partial charge in [0, 0.05) is 0 Å². The second-order valence-electron chi connectivity index (χ2n) is 1.81. The third kappa shape index (κ3) is 3.73. The van der Waals surface area contributed by atoms with E-state index < -0.39 is 0 Å². The van der Waals surface area contributed by atoms with Crippen LogP contribution in [0.4, 0.5) is 0 Å². The lowest BCUT2D eigenvalue weighted by Crippen LogP contribution is -1.82. The van der Waals surface area contributed by atoms with E-state index in [0.29, 0.717) is 0 Å². The minimum Gasteiger partial charge on any atom is -0.129 e. The molecule has 0 rings (SSSR count). The maximum Gasteiger partial charge on any atom is 0.145 e. The number of hydrogen-bond acceptors (Lipinski definition) is 0. The molecule has 1 heteroatoms. The zero-order valence-corrected chi connectivity index (χ0v) is 5.65. The molecule has 0 nitrogen and oxygen atoms in total. The van der Waals surface area contributed by atoms with Crippen LogP contribution in [0, 0.1) is 0 Å². The number of hydrogen-bond donors (Lipinski definition) is 0. The quantitative estimate of drug-likeness (QED) is 0.383. The van der Waals surface area contributed by atoms with E-state index in [4.69, 9.17) is 0 Å². The van der Waals surface area contributed by atoms with Crippen molar-refractivity contribution in [3.8, 4) is 0 Å². The van der Waals surface area contributed by atoms with Gasteiger partial charge in [0.25, 0.3) is 0 Å². The molecule has 0 aromatic carbocycles. The van der Waals surface area contributed by atoms with Crippen molar-refractivity contribution in [3.05, 3.63) is 24.2 Å². The Bertz CT molecular complexity index is 92.6. The van der Waals surface area contributed by atoms with E-state index in [2.05, 4.69) is 26.9 Å². The van der Waals surface area contributed by atoms with Crippen LogP contribution in [0.2, 0.25) is 6.32 Å². The van der Waals surface area contributed by atoms with Gasteiger partial charge in [-0.3, -0.25) is 0 Å². The zero-order valence-electron chi connectivity index (χ0n) is 5.65. The second-order valence-corrected chi connectivity index (χ2v) is 1.81. The fourth-order valence-corrected chi connectivity index (χ4v) is 0.387. The Kier molecular flexibility index (Phi) is 4.43. The molecule has 43 valence electrons. The van der Waals surface area contributed by atoms with Gasteiger partial charge in [-0.15, -0.1) is 12.6 Å². The highest BCUT2D eigenvalue weighted by molar-refractivity contribution is 6.42. The molecule has 0 aliphatic carbocycles. The van der Waals surface area contributed by atoms with Gasteiger partial charge in [0.2, 0.25) is 0 Å². The van der Waals surface area contributed by atoms with E-state index in [-0.39, 0.29) is 0 Å². The molecule has 0 atom stereocenters. The minimum absolute atomic E-state index is 1.04. The third-order valence-corrected chi connectivity index (χ3v) is 1.10. The van der Waals surface area contributed by atoms with Crippen LogP contribution >= 0.6 is 0 Å². The van der Waals surface area contributed by atoms with Crippen molar-refractivity contribution in [2.45, 2.75) is 20.2 Å². The van der Waals surface area contributed by atoms with Crippen molar-refractivity contribution >= 4 is 7.28 Å². The van der Waals surface area contributed by atoms with Gasteiger partial charge >= 0.3 is 0 Å². The third-order valence-electron chi connectivity index (χ3n) is 1.10. The molecule has 8 heavy (non-hydrogen) atoms. The zero-order chi connectivity index (χ0) is 6.41. The summed E-state index contributed by atoms with van der Waals surface area (Å²) in [6.45, 7) is 7.74. The second kappa shape index (κ2) is 4.70. The summed E-state index contributed by atoms with van der Waals surface area (Å²) in [4.78, 5) is 0. The normalized spacial score (nSPS) is 11.0. The van der Waals surface area contributed by atoms with Crippen LogP contribution in [0.3, 0.4) is 0 Å². The first-order valence-electron chi connectivity index (χ1n) is 2.87. The lowest BCUT2D eigenvalue weighted by Gasteiger charge is -1.90. The van der Waals surface area contributed by atoms with Gasteiger partial charge in [0.1, 0.15) is 7.28 Å². The minimum atomic E-state index is 1.04. The fraction of sp³-hybridized carbons (Fsp3) is 0.429. The van der Waals surface area contributed by atoms with Crippen molar-refractivity contribution in [1.29, 1.82) is 0 Å². The van der Waals surface area contributed by atoms with Gasteiger partial charge in [-0.05, 0) is 13.8 Å². The maximum atomic E-state index is 3.58. The molecule has 0 aromatic heterocycles. The van der Waals surface area contributed by atoms with E-state index in [1.54, 1.807) is 0 Å². The lowest BCUT2D eigenvalue weighted by molar-refractivity contribution is 1.35. The first kappa shape index (κ1) is 7.54. The van der Waals surface area contributed by atoms with Gasteiger partial charge in [-0.1, -0.05) is 18.0 Å². The molecule has 0 unspecified atom stereocenters. The van der Waals surface area contributed by atoms with E-state index in [0.717, 1.165) is 6.32 Å². The topological polar surface area (TPSA) is 0 Å². The molecular weight excluding hydrogens is 94.9 g/mol. The molecule has 0 spiro atoms. The smallest absolute Gasteiger partial charge is 0.129 e. The summed E-state index contributed by atoms with van der Waals surface area (Å²) in [7, 11) is 2.05. The largest absolute Gasteiger partial charge is 0.145 e. The highest BCUT2D eigenvalue weighted by Gasteiger charge is 1.83. The Morgan fingerprint density at radius 3 is 2.75 bits per heavy atom. The standard InChI is InChI=1S/C7H12B/c1-4-7(3)6-8-5-2/h4-5H,2,6H2,1,3H3. The number of allylic oxidation sites excluding steroid dienone is 2. The summed E-state index contributed by atoms with van der Waals surface area (Å²) in [5.74, 6) is 1.83. The van der Waals surface area contributed by atoms with Gasteiger partial charge in [0.05, 0.1) is 0 Å². The molecule has 0 saturated heterocycles. The van der Waals surface area contributed by atoms with Gasteiger partial charge in [0.15, 0.2) is 0 Å². The Labute approximate surface area is 52.5 Å². The fourth-order valence-electron chi connectivity index (χ4n) is 0.387. The first-order chi connectivity index (χ1) is 3.81. The van der Waals surface area contributed by atoms with Crippen LogP contribution in [0.1, 0.15) is 13.8 Å². The summed E-state index contributed by atoms with van der Waals surface area (Å²) in [6.07, 6.45) is 3.15. The molecule has 0 aliphatic heterocycles. The summed E-state index contributed by atoms with van der Waals surface area (Å²) in [5, 5.41) is 0. The molecule has 0 fully saturated rings. The molecule has 0 bridgehead atoms.